The molecule has 14 heteroatoms. The van der Waals surface area contributed by atoms with Crippen LogP contribution in [-0.2, 0) is 39.9 Å². The summed E-state index contributed by atoms with van der Waals surface area (Å²) in [6, 6.07) is 5.85. The zero-order valence-corrected chi connectivity index (χ0v) is 35.0. The molecule has 9 atom stereocenters. The minimum absolute atomic E-state index is 0.0188. The molecule has 1 aliphatic heterocycles. The summed E-state index contributed by atoms with van der Waals surface area (Å²) in [6.07, 6.45) is 2.56. The third-order valence-electron chi connectivity index (χ3n) is 11.2. The number of likely N-dealkylation sites (N-methyl/N-ethyl adjacent to an activating group) is 2. The van der Waals surface area contributed by atoms with Crippen molar-refractivity contribution in [1.29, 1.82) is 0 Å². The van der Waals surface area contributed by atoms with Gasteiger partial charge in [-0.25, -0.2) is 4.79 Å². The molecule has 1 saturated heterocycles. The van der Waals surface area contributed by atoms with Gasteiger partial charge in [-0.2, -0.15) is 0 Å². The van der Waals surface area contributed by atoms with Crippen molar-refractivity contribution in [1.82, 2.24) is 25.3 Å². The maximum Gasteiger partial charge on any atom is 0.326 e. The van der Waals surface area contributed by atoms with E-state index in [9.17, 15) is 29.1 Å². The van der Waals surface area contributed by atoms with Crippen LogP contribution >= 0.6 is 0 Å². The zero-order valence-electron chi connectivity index (χ0n) is 35.0. The number of likely N-dealkylation sites (tertiary alicyclic amines) is 1. The normalized spacial score (nSPS) is 18.9. The number of nitrogens with one attached hydrogen (secondary N) is 2. The van der Waals surface area contributed by atoms with Crippen LogP contribution in [0.1, 0.15) is 85.1 Å². The molecule has 0 saturated carbocycles. The van der Waals surface area contributed by atoms with Crippen molar-refractivity contribution < 1.29 is 38.6 Å². The second-order valence-electron chi connectivity index (χ2n) is 15.7. The average Bonchev–Trinajstić information content (AvgIpc) is 3.63. The van der Waals surface area contributed by atoms with Gasteiger partial charge in [-0.05, 0) is 70.1 Å². The lowest BCUT2D eigenvalue weighted by atomic mass is 9.89. The number of nitrogens with zero attached hydrogens (tertiary/aromatic N) is 3. The minimum Gasteiger partial charge on any atom is -0.480 e. The second kappa shape index (κ2) is 23.5. The molecule has 1 aromatic carbocycles. The molecular formula is C41H70N6O8. The third-order valence-corrected chi connectivity index (χ3v) is 11.2. The van der Waals surface area contributed by atoms with E-state index in [0.29, 0.717) is 51.6 Å². The van der Waals surface area contributed by atoms with Gasteiger partial charge in [-0.3, -0.25) is 24.1 Å². The third kappa shape index (κ3) is 13.5. The standard InChI is InChI=1S/C41H70N6O8/c1-11-27(4)36(46(8)40(51)30(20-15-16-22-42)43-39(50)35(26(2)3)45(6)7)33(54-9)25-34(48)47-23-17-21-32(47)37(55-10)28(5)38(49)44-31(41(52)53)24-29-18-13-12-14-19-29/h12-14,18-19,26-28,30-33,35-37H,11,15-17,20-25,42H2,1-10H3,(H,43,50)(H,44,49)(H,52,53)/t27-,28+,30-,31-,32-,33+,35-,36-,37+/m0/s1. The van der Waals surface area contributed by atoms with E-state index in [-0.39, 0.29) is 42.4 Å². The van der Waals surface area contributed by atoms with Crippen LogP contribution in [0.15, 0.2) is 30.3 Å². The van der Waals surface area contributed by atoms with Crippen LogP contribution in [0.2, 0.25) is 0 Å². The average molecular weight is 775 g/mol. The van der Waals surface area contributed by atoms with Crippen LogP contribution < -0.4 is 16.4 Å². The summed E-state index contributed by atoms with van der Waals surface area (Å²) < 4.78 is 11.9. The van der Waals surface area contributed by atoms with Gasteiger partial charge >= 0.3 is 5.97 Å². The summed E-state index contributed by atoms with van der Waals surface area (Å²) >= 11 is 0. The molecule has 0 unspecified atom stereocenters. The number of unbranched alkanes of at least 4 members (excludes halogenated alkanes) is 1. The molecule has 0 aliphatic carbocycles. The van der Waals surface area contributed by atoms with Crippen LogP contribution in [0.5, 0.6) is 0 Å². The number of aliphatic carboxylic acids is 1. The molecule has 312 valence electrons. The first-order valence-corrected chi connectivity index (χ1v) is 19.9. The highest BCUT2D eigenvalue weighted by atomic mass is 16.5. The van der Waals surface area contributed by atoms with Gasteiger partial charge in [0, 0.05) is 34.2 Å². The molecule has 1 fully saturated rings. The molecule has 2 rings (SSSR count). The zero-order chi connectivity index (χ0) is 41.4. The van der Waals surface area contributed by atoms with Crippen molar-refractivity contribution in [3.8, 4) is 0 Å². The highest BCUT2D eigenvalue weighted by Crippen LogP contribution is 2.30. The molecule has 1 aromatic rings. The number of rotatable bonds is 24. The molecule has 55 heavy (non-hydrogen) atoms. The summed E-state index contributed by atoms with van der Waals surface area (Å²) in [5, 5.41) is 15.6. The maximum atomic E-state index is 14.3. The van der Waals surface area contributed by atoms with Crippen LogP contribution in [0.4, 0.5) is 0 Å². The van der Waals surface area contributed by atoms with Crippen LogP contribution in [0.3, 0.4) is 0 Å². The Morgan fingerprint density at radius 1 is 0.945 bits per heavy atom. The van der Waals surface area contributed by atoms with E-state index in [1.165, 1.54) is 14.2 Å². The molecule has 4 amide bonds. The van der Waals surface area contributed by atoms with Crippen molar-refractivity contribution in [3.63, 3.8) is 0 Å². The predicted molar refractivity (Wildman–Crippen MR) is 213 cm³/mol. The summed E-state index contributed by atoms with van der Waals surface area (Å²) in [6.45, 7) is 10.6. The number of ether oxygens (including phenoxy) is 2. The number of benzene rings is 1. The topological polar surface area (TPSA) is 184 Å². The largest absolute Gasteiger partial charge is 0.480 e. The number of carboxylic acids is 1. The lowest BCUT2D eigenvalue weighted by Gasteiger charge is -2.40. The molecule has 0 radical (unpaired) electrons. The van der Waals surface area contributed by atoms with Gasteiger partial charge in [0.15, 0.2) is 0 Å². The van der Waals surface area contributed by atoms with Gasteiger partial charge in [0.2, 0.25) is 23.6 Å². The Labute approximate surface area is 329 Å². The molecule has 1 aliphatic rings. The van der Waals surface area contributed by atoms with Crippen LogP contribution in [0, 0.1) is 17.8 Å². The molecule has 5 N–H and O–H groups in total. The monoisotopic (exact) mass is 775 g/mol. The Balaban J connectivity index is 2.29. The van der Waals surface area contributed by atoms with Crippen molar-refractivity contribution in [2.24, 2.45) is 23.5 Å². The second-order valence-corrected chi connectivity index (χ2v) is 15.7. The van der Waals surface area contributed by atoms with E-state index in [4.69, 9.17) is 15.2 Å². The Morgan fingerprint density at radius 3 is 2.11 bits per heavy atom. The first kappa shape index (κ1) is 47.6. The molecule has 1 heterocycles. The summed E-state index contributed by atoms with van der Waals surface area (Å²) in [4.78, 5) is 72.9. The number of hydrogen-bond acceptors (Lipinski definition) is 9. The minimum atomic E-state index is -1.14. The number of carboxylic acid groups (broad SMARTS) is 1. The smallest absolute Gasteiger partial charge is 0.326 e. The van der Waals surface area contributed by atoms with Gasteiger partial charge in [0.05, 0.1) is 42.7 Å². The van der Waals surface area contributed by atoms with E-state index in [1.54, 1.807) is 23.8 Å². The molecular weight excluding hydrogens is 704 g/mol. The fraction of sp³-hybridized carbons (Fsp3) is 0.732. The van der Waals surface area contributed by atoms with Gasteiger partial charge in [-0.1, -0.05) is 71.4 Å². The van der Waals surface area contributed by atoms with Gasteiger partial charge in [0.1, 0.15) is 12.1 Å². The number of carbonyl (C=O) groups is 5. The Bertz CT molecular complexity index is 1360. The molecule has 0 bridgehead atoms. The van der Waals surface area contributed by atoms with E-state index >= 15 is 0 Å². The highest BCUT2D eigenvalue weighted by molar-refractivity contribution is 5.90. The van der Waals surface area contributed by atoms with E-state index in [0.717, 1.165) is 5.56 Å². The quantitative estimate of drug-likeness (QED) is 0.114. The lowest BCUT2D eigenvalue weighted by molar-refractivity contribution is -0.148. The number of amides is 4. The van der Waals surface area contributed by atoms with E-state index < -0.39 is 60.2 Å². The Hall–Kier alpha value is -3.59. The van der Waals surface area contributed by atoms with Crippen molar-refractivity contribution in [2.75, 3.05) is 48.5 Å². The lowest BCUT2D eigenvalue weighted by Crippen LogP contribution is -2.58. The van der Waals surface area contributed by atoms with Gasteiger partial charge < -0.3 is 40.7 Å². The van der Waals surface area contributed by atoms with Crippen molar-refractivity contribution in [3.05, 3.63) is 35.9 Å². The van der Waals surface area contributed by atoms with E-state index in [2.05, 4.69) is 10.6 Å². The Morgan fingerprint density at radius 2 is 1.58 bits per heavy atom. The van der Waals surface area contributed by atoms with Crippen LogP contribution in [0.25, 0.3) is 0 Å². The molecule has 14 nitrogen and oxygen atoms in total. The first-order valence-electron chi connectivity index (χ1n) is 19.9. The summed E-state index contributed by atoms with van der Waals surface area (Å²) in [5.74, 6) is -3.07. The number of methoxy groups -OCH3 is 2. The fourth-order valence-corrected chi connectivity index (χ4v) is 8.05. The number of hydrogen-bond donors (Lipinski definition) is 4. The van der Waals surface area contributed by atoms with Gasteiger partial charge in [0.25, 0.3) is 0 Å². The molecule has 0 spiro atoms. The van der Waals surface area contributed by atoms with Crippen LogP contribution in [-0.4, -0.2) is 140 Å². The number of nitrogens with two attached hydrogens (primary N) is 1. The molecule has 0 aromatic heterocycles. The van der Waals surface area contributed by atoms with Crippen molar-refractivity contribution >= 4 is 29.6 Å². The highest BCUT2D eigenvalue weighted by Gasteiger charge is 2.43. The summed E-state index contributed by atoms with van der Waals surface area (Å²) in [5.41, 5.74) is 6.56. The predicted octanol–water partition coefficient (Wildman–Crippen LogP) is 2.92. The maximum absolute atomic E-state index is 14.3. The number of carbonyl (C=O) groups excluding carboxylic acids is 4. The Kier molecular flexibility index (Phi) is 20.3. The summed E-state index contributed by atoms with van der Waals surface area (Å²) in [7, 11) is 8.44. The van der Waals surface area contributed by atoms with E-state index in [1.807, 2.05) is 77.0 Å². The first-order chi connectivity index (χ1) is 26.0. The fourth-order valence-electron chi connectivity index (χ4n) is 8.05. The van der Waals surface area contributed by atoms with Crippen molar-refractivity contribution in [2.45, 2.75) is 128 Å². The van der Waals surface area contributed by atoms with Gasteiger partial charge in [-0.15, -0.1) is 0 Å². The SMILES string of the molecule is CC[C@H](C)[C@@H]([C@@H](CC(=O)N1CCC[C@H]1[C@H](OC)[C@@H](C)C(=O)N[C@@H](Cc1ccccc1)C(=O)O)OC)N(C)C(=O)[C@H](CCCCN)NC(=O)[C@H](C(C)C)N(C)C.